The molecule has 0 spiro atoms. The zero-order chi connectivity index (χ0) is 11.6. The Morgan fingerprint density at radius 3 is 2.56 bits per heavy atom. The Labute approximate surface area is 94.6 Å². The minimum absolute atomic E-state index is 0.166. The number of carbonyl (C=O) groups is 1. The van der Waals surface area contributed by atoms with Crippen molar-refractivity contribution in [2.24, 2.45) is 5.73 Å². The number of benzene rings is 1. The van der Waals surface area contributed by atoms with E-state index in [0.29, 0.717) is 0 Å². The van der Waals surface area contributed by atoms with E-state index in [0.717, 1.165) is 25.7 Å². The lowest BCUT2D eigenvalue weighted by atomic mass is 9.90. The van der Waals surface area contributed by atoms with Gasteiger partial charge in [-0.25, -0.2) is 4.39 Å². The van der Waals surface area contributed by atoms with E-state index in [1.165, 1.54) is 12.1 Å². The van der Waals surface area contributed by atoms with Gasteiger partial charge in [-0.05, 0) is 25.0 Å². The zero-order valence-electron chi connectivity index (χ0n) is 9.21. The monoisotopic (exact) mass is 221 g/mol. The standard InChI is InChI=1S/C13H16FNO/c14-11-6-2-1-5-10(11)12(16)9-13(15)7-3-4-8-13/h1-2,5-6H,3-4,7-9,15H2. The third-order valence-corrected chi connectivity index (χ3v) is 3.29. The summed E-state index contributed by atoms with van der Waals surface area (Å²) in [5.74, 6) is -0.628. The van der Waals surface area contributed by atoms with Gasteiger partial charge in [0.2, 0.25) is 0 Å². The number of carbonyl (C=O) groups excluding carboxylic acids is 1. The Kier molecular flexibility index (Phi) is 3.06. The average Bonchev–Trinajstić information content (AvgIpc) is 2.65. The van der Waals surface area contributed by atoms with E-state index < -0.39 is 11.4 Å². The van der Waals surface area contributed by atoms with Crippen LogP contribution in [0.2, 0.25) is 0 Å². The summed E-state index contributed by atoms with van der Waals surface area (Å²) in [5.41, 5.74) is 5.87. The highest BCUT2D eigenvalue weighted by Gasteiger charge is 2.32. The van der Waals surface area contributed by atoms with Crippen LogP contribution in [0.5, 0.6) is 0 Å². The van der Waals surface area contributed by atoms with Gasteiger partial charge in [0.25, 0.3) is 0 Å². The van der Waals surface area contributed by atoms with Crippen LogP contribution in [0, 0.1) is 5.82 Å². The zero-order valence-corrected chi connectivity index (χ0v) is 9.21. The van der Waals surface area contributed by atoms with Crippen molar-refractivity contribution in [2.75, 3.05) is 0 Å². The summed E-state index contributed by atoms with van der Waals surface area (Å²) in [6.07, 6.45) is 4.14. The smallest absolute Gasteiger partial charge is 0.167 e. The summed E-state index contributed by atoms with van der Waals surface area (Å²) in [4.78, 5) is 11.9. The molecule has 1 fully saturated rings. The number of Topliss-reactive ketones (excluding diaryl/α,β-unsaturated/α-hetero) is 1. The molecule has 2 N–H and O–H groups in total. The predicted molar refractivity (Wildman–Crippen MR) is 60.7 cm³/mol. The van der Waals surface area contributed by atoms with Crippen LogP contribution in [0.4, 0.5) is 4.39 Å². The maximum atomic E-state index is 13.4. The van der Waals surface area contributed by atoms with Gasteiger partial charge in [0.05, 0.1) is 5.56 Å². The van der Waals surface area contributed by atoms with Crippen molar-refractivity contribution in [1.29, 1.82) is 0 Å². The lowest BCUT2D eigenvalue weighted by Crippen LogP contribution is -2.38. The first kappa shape index (κ1) is 11.3. The maximum absolute atomic E-state index is 13.4. The molecule has 0 atom stereocenters. The second kappa shape index (κ2) is 4.34. The average molecular weight is 221 g/mol. The Morgan fingerprint density at radius 2 is 1.94 bits per heavy atom. The van der Waals surface area contributed by atoms with Crippen LogP contribution in [-0.4, -0.2) is 11.3 Å². The van der Waals surface area contributed by atoms with E-state index >= 15 is 0 Å². The van der Waals surface area contributed by atoms with Gasteiger partial charge in [0.1, 0.15) is 5.82 Å². The minimum Gasteiger partial charge on any atom is -0.325 e. The summed E-state index contributed by atoms with van der Waals surface area (Å²) in [5, 5.41) is 0. The highest BCUT2D eigenvalue weighted by Crippen LogP contribution is 2.31. The van der Waals surface area contributed by atoms with Crippen molar-refractivity contribution < 1.29 is 9.18 Å². The van der Waals surface area contributed by atoms with Crippen molar-refractivity contribution in [3.8, 4) is 0 Å². The molecule has 0 bridgehead atoms. The molecular formula is C13H16FNO. The van der Waals surface area contributed by atoms with Crippen LogP contribution in [0.25, 0.3) is 0 Å². The molecule has 86 valence electrons. The van der Waals surface area contributed by atoms with E-state index in [9.17, 15) is 9.18 Å². The fourth-order valence-electron chi connectivity index (χ4n) is 2.36. The fourth-order valence-corrected chi connectivity index (χ4v) is 2.36. The van der Waals surface area contributed by atoms with Crippen LogP contribution in [0.15, 0.2) is 24.3 Å². The second-order valence-electron chi connectivity index (χ2n) is 4.65. The van der Waals surface area contributed by atoms with Crippen molar-refractivity contribution in [1.82, 2.24) is 0 Å². The molecule has 1 aromatic carbocycles. The number of nitrogens with two attached hydrogens (primary N) is 1. The lowest BCUT2D eigenvalue weighted by molar-refractivity contribution is 0.0948. The van der Waals surface area contributed by atoms with E-state index in [1.54, 1.807) is 12.1 Å². The molecule has 3 heteroatoms. The van der Waals surface area contributed by atoms with Crippen molar-refractivity contribution >= 4 is 5.78 Å². The molecule has 0 aliphatic heterocycles. The molecule has 2 nitrogen and oxygen atoms in total. The minimum atomic E-state index is -0.450. The van der Waals surface area contributed by atoms with E-state index in [2.05, 4.69) is 0 Å². The van der Waals surface area contributed by atoms with Crippen LogP contribution >= 0.6 is 0 Å². The first-order valence-electron chi connectivity index (χ1n) is 5.67. The van der Waals surface area contributed by atoms with Gasteiger partial charge in [-0.2, -0.15) is 0 Å². The van der Waals surface area contributed by atoms with Gasteiger partial charge >= 0.3 is 0 Å². The number of halogens is 1. The molecular weight excluding hydrogens is 205 g/mol. The van der Waals surface area contributed by atoms with Gasteiger partial charge in [0, 0.05) is 12.0 Å². The number of rotatable bonds is 3. The normalized spacial score (nSPS) is 18.6. The van der Waals surface area contributed by atoms with Crippen LogP contribution in [-0.2, 0) is 0 Å². The topological polar surface area (TPSA) is 43.1 Å². The summed E-state index contributed by atoms with van der Waals surface area (Å²) < 4.78 is 13.4. The third-order valence-electron chi connectivity index (χ3n) is 3.29. The molecule has 2 rings (SSSR count). The van der Waals surface area contributed by atoms with Gasteiger partial charge in [0.15, 0.2) is 5.78 Å². The number of hydrogen-bond acceptors (Lipinski definition) is 2. The third kappa shape index (κ3) is 2.30. The number of hydrogen-bond donors (Lipinski definition) is 1. The largest absolute Gasteiger partial charge is 0.325 e. The molecule has 16 heavy (non-hydrogen) atoms. The Hall–Kier alpha value is -1.22. The van der Waals surface area contributed by atoms with Crippen LogP contribution < -0.4 is 5.73 Å². The lowest BCUT2D eigenvalue weighted by Gasteiger charge is -2.22. The molecule has 0 unspecified atom stereocenters. The van der Waals surface area contributed by atoms with Gasteiger partial charge < -0.3 is 5.73 Å². The summed E-state index contributed by atoms with van der Waals surface area (Å²) in [6.45, 7) is 0. The quantitative estimate of drug-likeness (QED) is 0.797. The summed E-state index contributed by atoms with van der Waals surface area (Å²) in [7, 11) is 0. The van der Waals surface area contributed by atoms with Gasteiger partial charge in [-0.15, -0.1) is 0 Å². The van der Waals surface area contributed by atoms with E-state index in [1.807, 2.05) is 0 Å². The van der Waals surface area contributed by atoms with Crippen molar-refractivity contribution in [2.45, 2.75) is 37.6 Å². The Morgan fingerprint density at radius 1 is 1.31 bits per heavy atom. The summed E-state index contributed by atoms with van der Waals surface area (Å²) >= 11 is 0. The molecule has 0 amide bonds. The molecule has 0 radical (unpaired) electrons. The van der Waals surface area contributed by atoms with Crippen molar-refractivity contribution in [3.05, 3.63) is 35.6 Å². The molecule has 1 aliphatic rings. The van der Waals surface area contributed by atoms with E-state index in [4.69, 9.17) is 5.73 Å². The molecule has 1 saturated carbocycles. The molecule has 0 saturated heterocycles. The molecule has 1 aliphatic carbocycles. The highest BCUT2D eigenvalue weighted by molar-refractivity contribution is 5.97. The highest BCUT2D eigenvalue weighted by atomic mass is 19.1. The molecule has 0 heterocycles. The Bertz CT molecular complexity index is 397. The van der Waals surface area contributed by atoms with Crippen LogP contribution in [0.3, 0.4) is 0 Å². The Balaban J connectivity index is 2.11. The maximum Gasteiger partial charge on any atom is 0.167 e. The molecule has 1 aromatic rings. The van der Waals surface area contributed by atoms with Crippen molar-refractivity contribution in [3.63, 3.8) is 0 Å². The van der Waals surface area contributed by atoms with Gasteiger partial charge in [-0.1, -0.05) is 25.0 Å². The molecule has 0 aromatic heterocycles. The SMILES string of the molecule is NC1(CC(=O)c2ccccc2F)CCCC1. The predicted octanol–water partition coefficient (Wildman–Crippen LogP) is 2.67. The number of ketones is 1. The first-order valence-corrected chi connectivity index (χ1v) is 5.67. The fraction of sp³-hybridized carbons (Fsp3) is 0.462. The first-order chi connectivity index (χ1) is 7.61. The summed E-state index contributed by atoms with van der Waals surface area (Å²) in [6, 6.07) is 6.09. The van der Waals surface area contributed by atoms with Crippen LogP contribution in [0.1, 0.15) is 42.5 Å². The van der Waals surface area contributed by atoms with Gasteiger partial charge in [-0.3, -0.25) is 4.79 Å². The van der Waals surface area contributed by atoms with E-state index in [-0.39, 0.29) is 17.8 Å². The second-order valence-corrected chi connectivity index (χ2v) is 4.65.